The number of nitrogens with two attached hydrogens (primary N) is 1. The summed E-state index contributed by atoms with van der Waals surface area (Å²) in [5, 5.41) is 11.8. The highest BCUT2D eigenvalue weighted by atomic mass is 16.3. The van der Waals surface area contributed by atoms with E-state index in [0.29, 0.717) is 5.69 Å². The second-order valence-electron chi connectivity index (χ2n) is 3.10. The van der Waals surface area contributed by atoms with Gasteiger partial charge < -0.3 is 16.2 Å². The average molecular weight is 195 g/mol. The van der Waals surface area contributed by atoms with Gasteiger partial charge in [0.1, 0.15) is 0 Å². The van der Waals surface area contributed by atoms with Crippen LogP contribution < -0.4 is 11.1 Å². The Labute approximate surface area is 82.0 Å². The lowest BCUT2D eigenvalue weighted by Gasteiger charge is -2.08. The van der Waals surface area contributed by atoms with Crippen LogP contribution in [0.1, 0.15) is 12.6 Å². The number of anilines is 1. The molecule has 1 heterocycles. The Morgan fingerprint density at radius 2 is 2.29 bits per heavy atom. The van der Waals surface area contributed by atoms with Crippen LogP contribution in [0.2, 0.25) is 0 Å². The van der Waals surface area contributed by atoms with Crippen LogP contribution in [0, 0.1) is 6.92 Å². The Hall–Kier alpha value is -1.62. The molecule has 0 saturated heterocycles. The van der Waals surface area contributed by atoms with Crippen molar-refractivity contribution in [1.29, 1.82) is 0 Å². The van der Waals surface area contributed by atoms with Crippen molar-refractivity contribution in [2.24, 2.45) is 5.73 Å². The van der Waals surface area contributed by atoms with Crippen LogP contribution in [0.4, 0.5) is 5.82 Å². The van der Waals surface area contributed by atoms with Gasteiger partial charge in [0.05, 0.1) is 6.04 Å². The third kappa shape index (κ3) is 2.43. The van der Waals surface area contributed by atoms with Crippen LogP contribution in [-0.4, -0.2) is 22.0 Å². The van der Waals surface area contributed by atoms with E-state index in [4.69, 9.17) is 5.73 Å². The Bertz CT molecular complexity index is 350. The first-order valence-electron chi connectivity index (χ1n) is 4.23. The second kappa shape index (κ2) is 4.06. The van der Waals surface area contributed by atoms with E-state index in [9.17, 15) is 9.90 Å². The monoisotopic (exact) mass is 195 g/mol. The van der Waals surface area contributed by atoms with E-state index in [1.807, 2.05) is 0 Å². The highest BCUT2D eigenvalue weighted by Crippen LogP contribution is 2.19. The third-order valence-electron chi connectivity index (χ3n) is 1.67. The topological polar surface area (TPSA) is 88.2 Å². The summed E-state index contributed by atoms with van der Waals surface area (Å²) < 4.78 is 0. The number of aromatic nitrogens is 1. The molecule has 0 bridgehead atoms. The molecule has 5 heteroatoms. The number of carbonyl (C=O) groups is 1. The van der Waals surface area contributed by atoms with E-state index in [0.717, 1.165) is 0 Å². The van der Waals surface area contributed by atoms with Crippen molar-refractivity contribution in [3.05, 3.63) is 17.8 Å². The van der Waals surface area contributed by atoms with Crippen molar-refractivity contribution in [2.45, 2.75) is 19.9 Å². The van der Waals surface area contributed by atoms with Crippen molar-refractivity contribution in [2.75, 3.05) is 5.32 Å². The van der Waals surface area contributed by atoms with Gasteiger partial charge in [0.25, 0.3) is 0 Å². The van der Waals surface area contributed by atoms with Crippen molar-refractivity contribution in [1.82, 2.24) is 4.98 Å². The molecule has 0 aliphatic rings. The molecule has 4 N–H and O–H groups in total. The molecule has 0 saturated carbocycles. The van der Waals surface area contributed by atoms with E-state index >= 15 is 0 Å². The van der Waals surface area contributed by atoms with Crippen molar-refractivity contribution in [3.8, 4) is 5.75 Å². The van der Waals surface area contributed by atoms with Crippen molar-refractivity contribution >= 4 is 11.7 Å². The number of amides is 1. The lowest BCUT2D eigenvalue weighted by Crippen LogP contribution is -2.32. The quantitative estimate of drug-likeness (QED) is 0.636. The lowest BCUT2D eigenvalue weighted by atomic mass is 10.3. The third-order valence-corrected chi connectivity index (χ3v) is 1.67. The molecule has 1 aromatic rings. The summed E-state index contributed by atoms with van der Waals surface area (Å²) in [5.41, 5.74) is 6.06. The lowest BCUT2D eigenvalue weighted by molar-refractivity contribution is -0.117. The van der Waals surface area contributed by atoms with Gasteiger partial charge in [0.15, 0.2) is 11.6 Å². The summed E-state index contributed by atoms with van der Waals surface area (Å²) in [6, 6.07) is 2.49. The molecule has 14 heavy (non-hydrogen) atoms. The molecule has 0 spiro atoms. The number of pyridine rings is 1. The van der Waals surface area contributed by atoms with Gasteiger partial charge in [0.2, 0.25) is 5.91 Å². The molecular formula is C9H13N3O2. The van der Waals surface area contributed by atoms with Crippen LogP contribution in [0.5, 0.6) is 5.75 Å². The number of nitrogens with one attached hydrogen (secondary N) is 1. The number of hydrogen-bond donors (Lipinski definition) is 3. The molecule has 1 aromatic heterocycles. The minimum Gasteiger partial charge on any atom is -0.504 e. The number of rotatable bonds is 2. The predicted molar refractivity (Wildman–Crippen MR) is 52.9 cm³/mol. The Morgan fingerprint density at radius 3 is 2.86 bits per heavy atom. The average Bonchev–Trinajstić information content (AvgIpc) is 2.11. The fraction of sp³-hybridized carbons (Fsp3) is 0.333. The number of carbonyl (C=O) groups excluding carboxylic acids is 1. The van der Waals surface area contributed by atoms with E-state index in [-0.39, 0.29) is 17.5 Å². The zero-order valence-electron chi connectivity index (χ0n) is 8.11. The first kappa shape index (κ1) is 10.5. The predicted octanol–water partition coefficient (Wildman–Crippen LogP) is 0.381. The summed E-state index contributed by atoms with van der Waals surface area (Å²) in [5.74, 6) is -0.296. The summed E-state index contributed by atoms with van der Waals surface area (Å²) in [6.07, 6.45) is 0. The molecule has 0 radical (unpaired) electrons. The molecule has 0 aromatic carbocycles. The molecule has 0 aliphatic heterocycles. The zero-order valence-corrected chi connectivity index (χ0v) is 8.11. The zero-order chi connectivity index (χ0) is 10.7. The van der Waals surface area contributed by atoms with Crippen molar-refractivity contribution < 1.29 is 9.90 Å². The first-order chi connectivity index (χ1) is 6.50. The minimum absolute atomic E-state index is 0.0652. The van der Waals surface area contributed by atoms with Gasteiger partial charge >= 0.3 is 0 Å². The molecule has 1 rings (SSSR count). The highest BCUT2D eigenvalue weighted by molar-refractivity contribution is 5.94. The van der Waals surface area contributed by atoms with Crippen LogP contribution >= 0.6 is 0 Å². The molecule has 0 fully saturated rings. The summed E-state index contributed by atoms with van der Waals surface area (Å²) in [6.45, 7) is 3.32. The fourth-order valence-electron chi connectivity index (χ4n) is 0.872. The molecule has 0 aliphatic carbocycles. The highest BCUT2D eigenvalue weighted by Gasteiger charge is 2.11. The van der Waals surface area contributed by atoms with Crippen LogP contribution in [0.25, 0.3) is 0 Å². The molecular weight excluding hydrogens is 182 g/mol. The first-order valence-corrected chi connectivity index (χ1v) is 4.23. The smallest absolute Gasteiger partial charge is 0.242 e. The Morgan fingerprint density at radius 1 is 1.64 bits per heavy atom. The van der Waals surface area contributed by atoms with E-state index in [1.54, 1.807) is 19.9 Å². The number of hydrogen-bond acceptors (Lipinski definition) is 4. The molecule has 5 nitrogen and oxygen atoms in total. The number of aryl methyl sites for hydroxylation is 1. The van der Waals surface area contributed by atoms with Gasteiger partial charge in [0, 0.05) is 5.69 Å². The number of aromatic hydroxyl groups is 1. The maximum atomic E-state index is 11.2. The van der Waals surface area contributed by atoms with Crippen LogP contribution in [-0.2, 0) is 4.79 Å². The largest absolute Gasteiger partial charge is 0.504 e. The Balaban J connectivity index is 2.86. The van der Waals surface area contributed by atoms with Gasteiger partial charge in [-0.05, 0) is 26.0 Å². The summed E-state index contributed by atoms with van der Waals surface area (Å²) in [7, 11) is 0. The fourth-order valence-corrected chi connectivity index (χ4v) is 0.872. The van der Waals surface area contributed by atoms with Gasteiger partial charge in [-0.25, -0.2) is 4.98 Å². The molecule has 76 valence electrons. The van der Waals surface area contributed by atoms with E-state index in [2.05, 4.69) is 10.3 Å². The summed E-state index contributed by atoms with van der Waals surface area (Å²) in [4.78, 5) is 15.1. The minimum atomic E-state index is -0.628. The Kier molecular flexibility index (Phi) is 3.03. The number of nitrogens with zero attached hydrogens (tertiary/aromatic N) is 1. The van der Waals surface area contributed by atoms with E-state index < -0.39 is 6.04 Å². The maximum Gasteiger partial charge on any atom is 0.242 e. The summed E-state index contributed by atoms with van der Waals surface area (Å²) >= 11 is 0. The van der Waals surface area contributed by atoms with Crippen LogP contribution in [0.15, 0.2) is 12.1 Å². The van der Waals surface area contributed by atoms with Gasteiger partial charge in [-0.15, -0.1) is 0 Å². The normalized spacial score (nSPS) is 12.2. The van der Waals surface area contributed by atoms with Gasteiger partial charge in [-0.3, -0.25) is 4.79 Å². The maximum absolute atomic E-state index is 11.2. The van der Waals surface area contributed by atoms with Gasteiger partial charge in [-0.1, -0.05) is 0 Å². The van der Waals surface area contributed by atoms with Crippen LogP contribution in [0.3, 0.4) is 0 Å². The molecule has 1 unspecified atom stereocenters. The van der Waals surface area contributed by atoms with Crippen molar-refractivity contribution in [3.63, 3.8) is 0 Å². The van der Waals surface area contributed by atoms with Gasteiger partial charge in [-0.2, -0.15) is 0 Å². The molecule has 1 atom stereocenters. The molecule has 1 amide bonds. The standard InChI is InChI=1S/C9H13N3O2/c1-5-3-4-7(13)8(11-5)12-9(14)6(2)10/h3-4,6,13H,10H2,1-2H3,(H,11,12,14). The SMILES string of the molecule is Cc1ccc(O)c(NC(=O)C(C)N)n1. The second-order valence-corrected chi connectivity index (χ2v) is 3.10. The van der Waals surface area contributed by atoms with E-state index in [1.165, 1.54) is 6.07 Å².